The van der Waals surface area contributed by atoms with Crippen molar-refractivity contribution in [1.29, 1.82) is 0 Å². The monoisotopic (exact) mass is 345 g/mol. The number of rotatable bonds is 4. The van der Waals surface area contributed by atoms with Crippen LogP contribution in [0.4, 0.5) is 13.2 Å². The minimum Gasteiger partial charge on any atom is -0.393 e. The lowest BCUT2D eigenvalue weighted by Gasteiger charge is -2.25. The second-order valence-corrected chi connectivity index (χ2v) is 6.22. The second-order valence-electron chi connectivity index (χ2n) is 5.41. The van der Waals surface area contributed by atoms with Gasteiger partial charge in [0.05, 0.1) is 17.4 Å². The van der Waals surface area contributed by atoms with Crippen molar-refractivity contribution in [3.05, 3.63) is 35.4 Å². The lowest BCUT2D eigenvalue weighted by molar-refractivity contribution is -0.140. The van der Waals surface area contributed by atoms with Crippen molar-refractivity contribution >= 4 is 11.8 Å². The van der Waals surface area contributed by atoms with E-state index in [2.05, 4.69) is 10.1 Å². The number of hydrogen-bond donors (Lipinski definition) is 1. The molecule has 0 amide bonds. The molecule has 126 valence electrons. The van der Waals surface area contributed by atoms with Gasteiger partial charge in [0.25, 0.3) is 0 Å². The molecule has 4 nitrogen and oxygen atoms in total. The maximum absolute atomic E-state index is 13.5. The van der Waals surface area contributed by atoms with Gasteiger partial charge in [-0.15, -0.1) is 11.8 Å². The summed E-state index contributed by atoms with van der Waals surface area (Å²) in [5.41, 5.74) is 0.395. The number of aryl methyl sites for hydroxylation is 1. The summed E-state index contributed by atoms with van der Waals surface area (Å²) in [6.45, 7) is 4.82. The van der Waals surface area contributed by atoms with Crippen LogP contribution in [-0.2, 0) is 6.18 Å². The van der Waals surface area contributed by atoms with E-state index in [1.54, 1.807) is 20.1 Å². The van der Waals surface area contributed by atoms with E-state index in [1.165, 1.54) is 30.3 Å². The van der Waals surface area contributed by atoms with Crippen LogP contribution in [0, 0.1) is 6.92 Å². The van der Waals surface area contributed by atoms with E-state index in [0.29, 0.717) is 11.3 Å². The summed E-state index contributed by atoms with van der Waals surface area (Å²) in [5, 5.41) is 13.9. The highest BCUT2D eigenvalue weighted by molar-refractivity contribution is 7.98. The second kappa shape index (κ2) is 6.52. The molecule has 0 bridgehead atoms. The van der Waals surface area contributed by atoms with Crippen LogP contribution >= 0.6 is 11.8 Å². The highest BCUT2D eigenvalue weighted by Crippen LogP contribution is 2.44. The standard InChI is InChI=1S/C15H18F3N3OS/c1-8-5-11(9(2)10(3)22)13(21-7-19-6-20-21)14(23-4)12(8)15(16,17)18/h5-7,9-10,22H,1-4H3. The Morgan fingerprint density at radius 3 is 2.39 bits per heavy atom. The zero-order valence-electron chi connectivity index (χ0n) is 13.2. The van der Waals surface area contributed by atoms with Crippen LogP contribution in [0.25, 0.3) is 5.69 Å². The fraction of sp³-hybridized carbons (Fsp3) is 0.467. The first-order valence-electron chi connectivity index (χ1n) is 7.00. The van der Waals surface area contributed by atoms with Crippen molar-refractivity contribution in [1.82, 2.24) is 14.8 Å². The molecule has 2 unspecified atom stereocenters. The predicted molar refractivity (Wildman–Crippen MR) is 83.0 cm³/mol. The first-order chi connectivity index (χ1) is 10.7. The molecular weight excluding hydrogens is 327 g/mol. The fourth-order valence-corrected chi connectivity index (χ4v) is 3.41. The first-order valence-corrected chi connectivity index (χ1v) is 8.22. The van der Waals surface area contributed by atoms with Crippen molar-refractivity contribution in [2.24, 2.45) is 0 Å². The number of alkyl halides is 3. The van der Waals surface area contributed by atoms with E-state index in [-0.39, 0.29) is 16.4 Å². The molecule has 0 aliphatic heterocycles. The summed E-state index contributed by atoms with van der Waals surface area (Å²) < 4.78 is 41.8. The topological polar surface area (TPSA) is 50.9 Å². The van der Waals surface area contributed by atoms with Gasteiger partial charge in [-0.2, -0.15) is 18.3 Å². The van der Waals surface area contributed by atoms with Gasteiger partial charge < -0.3 is 5.11 Å². The van der Waals surface area contributed by atoms with Crippen LogP contribution in [0.15, 0.2) is 23.6 Å². The van der Waals surface area contributed by atoms with Crippen LogP contribution in [0.1, 0.15) is 36.5 Å². The molecule has 1 aromatic carbocycles. The first kappa shape index (κ1) is 17.8. The van der Waals surface area contributed by atoms with Crippen molar-refractivity contribution in [3.63, 3.8) is 0 Å². The minimum atomic E-state index is -4.47. The molecule has 2 atom stereocenters. The number of aliphatic hydroxyl groups is 1. The molecule has 0 saturated heterocycles. The number of thioether (sulfide) groups is 1. The largest absolute Gasteiger partial charge is 0.417 e. The predicted octanol–water partition coefficient (Wildman–Crippen LogP) is 3.80. The average Bonchev–Trinajstić information content (AvgIpc) is 2.97. The van der Waals surface area contributed by atoms with E-state index in [4.69, 9.17) is 0 Å². The number of nitrogens with zero attached hydrogens (tertiary/aromatic N) is 3. The van der Waals surface area contributed by atoms with Gasteiger partial charge in [0.1, 0.15) is 12.7 Å². The average molecular weight is 345 g/mol. The third-order valence-corrected chi connectivity index (χ3v) is 4.64. The Bertz CT molecular complexity index is 684. The zero-order valence-corrected chi connectivity index (χ0v) is 14.0. The molecule has 0 spiro atoms. The Morgan fingerprint density at radius 1 is 1.30 bits per heavy atom. The lowest BCUT2D eigenvalue weighted by Crippen LogP contribution is -2.19. The van der Waals surface area contributed by atoms with E-state index in [0.717, 1.165) is 11.8 Å². The molecule has 0 aliphatic carbocycles. The molecule has 0 radical (unpaired) electrons. The number of aromatic nitrogens is 3. The van der Waals surface area contributed by atoms with Gasteiger partial charge in [0, 0.05) is 10.8 Å². The number of benzene rings is 1. The normalized spacial score (nSPS) is 14.8. The third kappa shape index (κ3) is 3.37. The van der Waals surface area contributed by atoms with Gasteiger partial charge in [0.15, 0.2) is 0 Å². The Hall–Kier alpha value is -1.54. The molecule has 2 rings (SSSR count). The van der Waals surface area contributed by atoms with Crippen LogP contribution < -0.4 is 0 Å². The fourth-order valence-electron chi connectivity index (χ4n) is 2.52. The number of aliphatic hydroxyl groups excluding tert-OH is 1. The van der Waals surface area contributed by atoms with Crippen LogP contribution in [-0.4, -0.2) is 32.2 Å². The molecule has 23 heavy (non-hydrogen) atoms. The molecular formula is C15H18F3N3OS. The summed E-state index contributed by atoms with van der Waals surface area (Å²) in [6.07, 6.45) is -0.939. The highest BCUT2D eigenvalue weighted by Gasteiger charge is 2.38. The van der Waals surface area contributed by atoms with Gasteiger partial charge in [-0.05, 0) is 31.2 Å². The van der Waals surface area contributed by atoms with Gasteiger partial charge >= 0.3 is 6.18 Å². The number of hydrogen-bond acceptors (Lipinski definition) is 4. The maximum atomic E-state index is 13.5. The van der Waals surface area contributed by atoms with Crippen LogP contribution in [0.3, 0.4) is 0 Å². The van der Waals surface area contributed by atoms with Crippen molar-refractivity contribution in [2.45, 2.75) is 43.9 Å². The highest BCUT2D eigenvalue weighted by atomic mass is 32.2. The quantitative estimate of drug-likeness (QED) is 0.857. The zero-order chi connectivity index (χ0) is 17.4. The van der Waals surface area contributed by atoms with E-state index in [9.17, 15) is 18.3 Å². The molecule has 0 saturated carbocycles. The molecule has 0 aliphatic rings. The number of halogens is 3. The van der Waals surface area contributed by atoms with Crippen LogP contribution in [0.5, 0.6) is 0 Å². The summed E-state index contributed by atoms with van der Waals surface area (Å²) in [4.78, 5) is 3.92. The molecule has 8 heteroatoms. The van der Waals surface area contributed by atoms with E-state index in [1.807, 2.05) is 0 Å². The van der Waals surface area contributed by atoms with Gasteiger partial charge in [-0.1, -0.05) is 13.0 Å². The molecule has 1 heterocycles. The Labute approximate surface area is 136 Å². The Kier molecular flexibility index (Phi) is 5.05. The van der Waals surface area contributed by atoms with Gasteiger partial charge in [0.2, 0.25) is 0 Å². The van der Waals surface area contributed by atoms with Crippen molar-refractivity contribution in [3.8, 4) is 5.69 Å². The van der Waals surface area contributed by atoms with Crippen LogP contribution in [0.2, 0.25) is 0 Å². The third-order valence-electron chi connectivity index (χ3n) is 3.83. The Morgan fingerprint density at radius 2 is 1.96 bits per heavy atom. The van der Waals surface area contributed by atoms with Crippen molar-refractivity contribution in [2.75, 3.05) is 6.26 Å². The molecule has 2 aromatic rings. The minimum absolute atomic E-state index is 0.0884. The SMILES string of the molecule is CSc1c(-n2cncn2)c(C(C)C(C)O)cc(C)c1C(F)(F)F. The maximum Gasteiger partial charge on any atom is 0.417 e. The summed E-state index contributed by atoms with van der Waals surface area (Å²) in [5.74, 6) is -0.346. The lowest BCUT2D eigenvalue weighted by atomic mass is 9.91. The van der Waals surface area contributed by atoms with E-state index < -0.39 is 17.8 Å². The summed E-state index contributed by atoms with van der Waals surface area (Å²) in [7, 11) is 0. The summed E-state index contributed by atoms with van der Waals surface area (Å²) >= 11 is 1.01. The van der Waals surface area contributed by atoms with Gasteiger partial charge in [-0.25, -0.2) is 9.67 Å². The molecule has 0 fully saturated rings. The molecule has 1 N–H and O–H groups in total. The van der Waals surface area contributed by atoms with Gasteiger partial charge in [-0.3, -0.25) is 0 Å². The molecule has 1 aromatic heterocycles. The smallest absolute Gasteiger partial charge is 0.393 e. The van der Waals surface area contributed by atoms with E-state index >= 15 is 0 Å². The van der Waals surface area contributed by atoms with Crippen molar-refractivity contribution < 1.29 is 18.3 Å². The summed E-state index contributed by atoms with van der Waals surface area (Å²) in [6, 6.07) is 1.48. The Balaban J connectivity index is 2.87.